The van der Waals surface area contributed by atoms with E-state index < -0.39 is 0 Å². The highest BCUT2D eigenvalue weighted by atomic mass is 16.2. The molecular weight excluding hydrogens is 410 g/mol. The zero-order valence-electron chi connectivity index (χ0n) is 20.1. The van der Waals surface area contributed by atoms with Gasteiger partial charge in [-0.15, -0.1) is 0 Å². The lowest BCUT2D eigenvalue weighted by Gasteiger charge is -2.34. The molecule has 174 valence electrons. The lowest BCUT2D eigenvalue weighted by molar-refractivity contribution is -0.133. The summed E-state index contributed by atoms with van der Waals surface area (Å²) in [6, 6.07) is 0.239. The van der Waals surface area contributed by atoms with Gasteiger partial charge in [0, 0.05) is 36.8 Å². The van der Waals surface area contributed by atoms with Gasteiger partial charge < -0.3 is 4.90 Å². The molecule has 0 saturated carbocycles. The van der Waals surface area contributed by atoms with Gasteiger partial charge in [-0.2, -0.15) is 0 Å². The fourth-order valence-corrected chi connectivity index (χ4v) is 5.99. The van der Waals surface area contributed by atoms with Crippen LogP contribution in [-0.2, 0) is 11.2 Å². The molecule has 5 rings (SSSR count). The highest BCUT2D eigenvalue weighted by Crippen LogP contribution is 2.44. The van der Waals surface area contributed by atoms with Gasteiger partial charge in [-0.3, -0.25) is 19.1 Å². The fourth-order valence-electron chi connectivity index (χ4n) is 5.99. The van der Waals surface area contributed by atoms with Crippen LogP contribution in [0, 0.1) is 11.8 Å². The minimum absolute atomic E-state index is 0.0441. The first-order valence-corrected chi connectivity index (χ1v) is 12.5. The van der Waals surface area contributed by atoms with Gasteiger partial charge >= 0.3 is 0 Å². The van der Waals surface area contributed by atoms with Crippen LogP contribution in [0.25, 0.3) is 11.6 Å². The van der Waals surface area contributed by atoms with Crippen molar-refractivity contribution in [1.29, 1.82) is 0 Å². The van der Waals surface area contributed by atoms with Gasteiger partial charge in [-0.05, 0) is 82.3 Å². The Labute approximate surface area is 197 Å². The second-order valence-electron chi connectivity index (χ2n) is 9.75. The van der Waals surface area contributed by atoms with Crippen LogP contribution in [0.5, 0.6) is 0 Å². The summed E-state index contributed by atoms with van der Waals surface area (Å²) < 4.78 is 1.92. The zero-order valence-corrected chi connectivity index (χ0v) is 20.1. The summed E-state index contributed by atoms with van der Waals surface area (Å²) in [5.41, 5.74) is 5.97. The topological polar surface area (TPSA) is 45.6 Å². The van der Waals surface area contributed by atoms with Gasteiger partial charge in [-0.25, -0.2) is 0 Å². The number of allylic oxidation sites excluding steroid dienone is 4. The van der Waals surface area contributed by atoms with Crippen molar-refractivity contribution in [3.8, 4) is 0 Å². The van der Waals surface area contributed by atoms with Gasteiger partial charge in [0.25, 0.3) is 0 Å². The summed E-state index contributed by atoms with van der Waals surface area (Å²) in [5.74, 6) is 0.388. The Morgan fingerprint density at radius 1 is 1.12 bits per heavy atom. The van der Waals surface area contributed by atoms with Crippen molar-refractivity contribution < 1.29 is 9.59 Å². The number of aromatic nitrogens is 1. The quantitative estimate of drug-likeness (QED) is 0.638. The molecule has 0 aromatic carbocycles. The minimum Gasteiger partial charge on any atom is -0.343 e. The van der Waals surface area contributed by atoms with E-state index in [9.17, 15) is 9.59 Å². The van der Waals surface area contributed by atoms with E-state index in [1.165, 1.54) is 22.3 Å². The second kappa shape index (κ2) is 8.94. The molecule has 5 heteroatoms. The monoisotopic (exact) mass is 445 g/mol. The Bertz CT molecular complexity index is 1070. The molecule has 0 saturated heterocycles. The van der Waals surface area contributed by atoms with Crippen molar-refractivity contribution in [1.82, 2.24) is 14.4 Å². The van der Waals surface area contributed by atoms with E-state index in [1.54, 1.807) is 0 Å². The molecule has 0 fully saturated rings. The summed E-state index contributed by atoms with van der Waals surface area (Å²) >= 11 is 0. The number of nitrogens with zero attached hydrogens (tertiary/aromatic N) is 3. The third-order valence-electron chi connectivity index (χ3n) is 7.90. The van der Waals surface area contributed by atoms with Crippen molar-refractivity contribution in [2.24, 2.45) is 11.8 Å². The van der Waals surface area contributed by atoms with Crippen LogP contribution in [0.4, 0.5) is 0 Å². The SMILES string of the molecule is CCN(CC)C(=O)[C@@H]1C=C2C3=CCC=Cc4c3c(cn4C(=O)C3CC=CC3)C[C@H]2N(C)CC1. The minimum atomic E-state index is -0.0947. The first kappa shape index (κ1) is 22.1. The zero-order chi connectivity index (χ0) is 23.1. The molecule has 2 heterocycles. The molecule has 1 amide bonds. The third kappa shape index (κ3) is 3.76. The maximum Gasteiger partial charge on any atom is 0.234 e. The molecule has 0 radical (unpaired) electrons. The molecule has 4 aliphatic rings. The highest BCUT2D eigenvalue weighted by Gasteiger charge is 2.38. The van der Waals surface area contributed by atoms with Crippen LogP contribution in [0.15, 0.2) is 42.2 Å². The second-order valence-corrected chi connectivity index (χ2v) is 9.75. The van der Waals surface area contributed by atoms with E-state index in [4.69, 9.17) is 0 Å². The van der Waals surface area contributed by atoms with Crippen LogP contribution in [0.3, 0.4) is 0 Å². The van der Waals surface area contributed by atoms with Gasteiger partial charge in [0.1, 0.15) is 0 Å². The number of amides is 1. The van der Waals surface area contributed by atoms with Crippen LogP contribution >= 0.6 is 0 Å². The Morgan fingerprint density at radius 2 is 1.88 bits per heavy atom. The van der Waals surface area contributed by atoms with Gasteiger partial charge in [0.2, 0.25) is 11.8 Å². The summed E-state index contributed by atoms with van der Waals surface area (Å²) in [6.07, 6.45) is 19.4. The highest BCUT2D eigenvalue weighted by molar-refractivity contribution is 5.94. The molecule has 5 nitrogen and oxygen atoms in total. The molecule has 33 heavy (non-hydrogen) atoms. The Hall–Kier alpha value is -2.66. The van der Waals surface area contributed by atoms with Crippen LogP contribution < -0.4 is 0 Å². The molecule has 0 unspecified atom stereocenters. The molecule has 0 bridgehead atoms. The van der Waals surface area contributed by atoms with Crippen LogP contribution in [0.2, 0.25) is 0 Å². The first-order valence-electron chi connectivity index (χ1n) is 12.5. The number of fused-ring (bicyclic) bond motifs is 2. The standard InChI is InChI=1S/C28H35N3O2/c1-4-30(5-2)27(32)20-14-15-29(3)25-17-21-18-31(28(33)19-10-6-7-11-19)24-13-9-8-12-22(26(21)24)23(25)16-20/h6-7,9,12-13,16,18-20,25H,4-5,8,10-11,14-15,17H2,1-3H3/t20-,25+/m0/s1. The normalized spacial score (nSPS) is 24.5. The van der Waals surface area contributed by atoms with Crippen molar-refractivity contribution in [3.05, 3.63) is 59.0 Å². The average molecular weight is 446 g/mol. The van der Waals surface area contributed by atoms with Crippen LogP contribution in [0.1, 0.15) is 61.1 Å². The molecule has 2 atom stereocenters. The summed E-state index contributed by atoms with van der Waals surface area (Å²) in [6.45, 7) is 6.49. The van der Waals surface area contributed by atoms with Gasteiger partial charge in [0.05, 0.1) is 11.6 Å². The molecule has 0 spiro atoms. The number of likely N-dealkylation sites (N-methyl/N-ethyl adjacent to an activating group) is 1. The average Bonchev–Trinajstić information content (AvgIpc) is 3.38. The van der Waals surface area contributed by atoms with Crippen molar-refractivity contribution >= 4 is 23.5 Å². The summed E-state index contributed by atoms with van der Waals surface area (Å²) in [7, 11) is 2.18. The van der Waals surface area contributed by atoms with Crippen molar-refractivity contribution in [2.45, 2.75) is 52.0 Å². The van der Waals surface area contributed by atoms with E-state index >= 15 is 0 Å². The molecule has 0 N–H and O–H groups in total. The molecule has 3 aliphatic carbocycles. The number of hydrogen-bond donors (Lipinski definition) is 0. The van der Waals surface area contributed by atoms with E-state index in [1.807, 2.05) is 9.47 Å². The number of rotatable bonds is 4. The number of carbonyl (C=O) groups is 2. The maximum absolute atomic E-state index is 13.4. The smallest absolute Gasteiger partial charge is 0.234 e. The van der Waals surface area contributed by atoms with Crippen molar-refractivity contribution in [2.75, 3.05) is 26.7 Å². The van der Waals surface area contributed by atoms with Gasteiger partial charge in [-0.1, -0.05) is 30.4 Å². The lowest BCUT2D eigenvalue weighted by Crippen LogP contribution is -2.37. The molecule has 1 aliphatic heterocycles. The fraction of sp³-hybridized carbons (Fsp3) is 0.500. The Balaban J connectivity index is 1.58. The predicted molar refractivity (Wildman–Crippen MR) is 133 cm³/mol. The van der Waals surface area contributed by atoms with Crippen molar-refractivity contribution in [3.63, 3.8) is 0 Å². The Morgan fingerprint density at radius 3 is 2.61 bits per heavy atom. The predicted octanol–water partition coefficient (Wildman–Crippen LogP) is 4.57. The summed E-state index contributed by atoms with van der Waals surface area (Å²) in [5, 5.41) is 0. The first-order chi connectivity index (χ1) is 16.0. The number of carbonyl (C=O) groups excluding carboxylic acids is 2. The molecule has 1 aromatic rings. The van der Waals surface area contributed by atoms with Gasteiger partial charge in [0.15, 0.2) is 0 Å². The maximum atomic E-state index is 13.4. The van der Waals surface area contributed by atoms with E-state index in [0.717, 1.165) is 57.4 Å². The van der Waals surface area contributed by atoms with E-state index in [-0.39, 0.29) is 29.7 Å². The third-order valence-corrected chi connectivity index (χ3v) is 7.90. The Kier molecular flexibility index (Phi) is 6.00. The van der Waals surface area contributed by atoms with E-state index in [0.29, 0.717) is 0 Å². The van der Waals surface area contributed by atoms with Crippen LogP contribution in [-0.4, -0.2) is 58.9 Å². The van der Waals surface area contributed by atoms with E-state index in [2.05, 4.69) is 68.4 Å². The number of hydrogen-bond acceptors (Lipinski definition) is 3. The largest absolute Gasteiger partial charge is 0.343 e. The molecular formula is C28H35N3O2. The molecule has 1 aromatic heterocycles. The summed E-state index contributed by atoms with van der Waals surface area (Å²) in [4.78, 5) is 31.1. The lowest BCUT2D eigenvalue weighted by atomic mass is 9.80.